The summed E-state index contributed by atoms with van der Waals surface area (Å²) in [6.45, 7) is 5.93. The molecule has 0 saturated carbocycles. The van der Waals surface area contributed by atoms with Gasteiger partial charge in [-0.2, -0.15) is 13.2 Å². The van der Waals surface area contributed by atoms with Crippen molar-refractivity contribution >= 4 is 40.5 Å². The number of hydrogen-bond donors (Lipinski definition) is 2. The minimum atomic E-state index is -4.52. The lowest BCUT2D eigenvalue weighted by atomic mass is 10.1. The number of hydrogen-bond acceptors (Lipinski definition) is 7. The van der Waals surface area contributed by atoms with Gasteiger partial charge in [-0.15, -0.1) is 11.3 Å². The average Bonchev–Trinajstić information content (AvgIpc) is 3.39. The second kappa shape index (κ2) is 12.3. The zero-order chi connectivity index (χ0) is 25.4. The van der Waals surface area contributed by atoms with Gasteiger partial charge >= 0.3 is 5.51 Å². The SMILES string of the molecule is CCCCCC(CC)Nc1nccn2c(SC(F)(F)F)c(C#CCNC(=O)c3cnc(C)s3)nc12. The predicted molar refractivity (Wildman–Crippen MR) is 133 cm³/mol. The Morgan fingerprint density at radius 2 is 2.09 bits per heavy atom. The molecule has 0 aromatic carbocycles. The van der Waals surface area contributed by atoms with E-state index in [-0.39, 0.29) is 46.6 Å². The van der Waals surface area contributed by atoms with E-state index in [0.29, 0.717) is 10.7 Å². The van der Waals surface area contributed by atoms with E-state index in [2.05, 4.69) is 51.3 Å². The van der Waals surface area contributed by atoms with Gasteiger partial charge in [-0.05, 0) is 25.7 Å². The summed E-state index contributed by atoms with van der Waals surface area (Å²) < 4.78 is 41.3. The topological polar surface area (TPSA) is 84.2 Å². The number of fused-ring (bicyclic) bond motifs is 1. The van der Waals surface area contributed by atoms with Gasteiger partial charge in [0.05, 0.1) is 17.7 Å². The Kier molecular flexibility index (Phi) is 9.40. The second-order valence-corrected chi connectivity index (χ2v) is 10.0. The third kappa shape index (κ3) is 7.60. The van der Waals surface area contributed by atoms with Crippen LogP contribution in [0, 0.1) is 18.8 Å². The molecule has 188 valence electrons. The quantitative estimate of drug-likeness (QED) is 0.202. The molecule has 0 radical (unpaired) electrons. The minimum absolute atomic E-state index is 0.0229. The van der Waals surface area contributed by atoms with Gasteiger partial charge in [0.25, 0.3) is 5.91 Å². The number of aromatic nitrogens is 4. The van der Waals surface area contributed by atoms with Crippen LogP contribution in [0.3, 0.4) is 0 Å². The van der Waals surface area contributed by atoms with Gasteiger partial charge in [-0.1, -0.05) is 39.0 Å². The molecule has 1 amide bonds. The highest BCUT2D eigenvalue weighted by Gasteiger charge is 2.33. The highest BCUT2D eigenvalue weighted by Crippen LogP contribution is 2.39. The fraction of sp³-hybridized carbons (Fsp3) is 0.478. The minimum Gasteiger partial charge on any atom is -0.364 e. The number of halogens is 3. The van der Waals surface area contributed by atoms with Gasteiger partial charge in [0, 0.05) is 30.2 Å². The number of thiazole rings is 1. The first-order valence-corrected chi connectivity index (χ1v) is 12.9. The first kappa shape index (κ1) is 26.8. The summed E-state index contributed by atoms with van der Waals surface area (Å²) in [5.41, 5.74) is -4.26. The van der Waals surface area contributed by atoms with E-state index >= 15 is 0 Å². The van der Waals surface area contributed by atoms with Crippen LogP contribution in [0.15, 0.2) is 23.6 Å². The van der Waals surface area contributed by atoms with Crippen LogP contribution < -0.4 is 10.6 Å². The van der Waals surface area contributed by atoms with E-state index in [9.17, 15) is 18.0 Å². The van der Waals surface area contributed by atoms with Crippen molar-refractivity contribution in [3.63, 3.8) is 0 Å². The Bertz CT molecular complexity index is 1210. The van der Waals surface area contributed by atoms with Crippen molar-refractivity contribution in [2.24, 2.45) is 0 Å². The molecule has 35 heavy (non-hydrogen) atoms. The molecule has 0 saturated heterocycles. The molecule has 3 rings (SSSR count). The fourth-order valence-corrected chi connectivity index (χ4v) is 4.72. The first-order chi connectivity index (χ1) is 16.7. The van der Waals surface area contributed by atoms with Gasteiger partial charge in [0.1, 0.15) is 15.6 Å². The van der Waals surface area contributed by atoms with Crippen LogP contribution in [-0.4, -0.2) is 43.4 Å². The van der Waals surface area contributed by atoms with E-state index in [4.69, 9.17) is 0 Å². The average molecular weight is 525 g/mol. The molecule has 0 aliphatic heterocycles. The number of anilines is 1. The van der Waals surface area contributed by atoms with Crippen LogP contribution in [0.4, 0.5) is 19.0 Å². The maximum atomic E-state index is 13.3. The van der Waals surface area contributed by atoms with Crippen molar-refractivity contribution in [3.05, 3.63) is 34.2 Å². The smallest absolute Gasteiger partial charge is 0.364 e. The predicted octanol–water partition coefficient (Wildman–Crippen LogP) is 5.66. The number of alkyl halides is 3. The van der Waals surface area contributed by atoms with E-state index in [1.165, 1.54) is 34.3 Å². The van der Waals surface area contributed by atoms with Crippen LogP contribution in [0.25, 0.3) is 5.65 Å². The number of carbonyl (C=O) groups excluding carboxylic acids is 1. The summed E-state index contributed by atoms with van der Waals surface area (Å²) in [6, 6.07) is 0.135. The third-order valence-corrected chi connectivity index (χ3v) is 6.82. The molecule has 0 fully saturated rings. The molecule has 3 aromatic rings. The molecule has 1 atom stereocenters. The molecule has 0 spiro atoms. The second-order valence-electron chi connectivity index (χ2n) is 7.76. The summed E-state index contributed by atoms with van der Waals surface area (Å²) in [7, 11) is 0. The number of nitrogens with zero attached hydrogens (tertiary/aromatic N) is 4. The number of carbonyl (C=O) groups is 1. The maximum Gasteiger partial charge on any atom is 0.447 e. The van der Waals surface area contributed by atoms with E-state index in [0.717, 1.165) is 37.1 Å². The van der Waals surface area contributed by atoms with Gasteiger partial charge in [-0.3, -0.25) is 9.20 Å². The number of aryl methyl sites for hydroxylation is 1. The molecule has 3 heterocycles. The number of rotatable bonds is 10. The van der Waals surface area contributed by atoms with Gasteiger partial charge in [-0.25, -0.2) is 15.0 Å². The third-order valence-electron chi connectivity index (χ3n) is 5.09. The Balaban J connectivity index is 1.85. The van der Waals surface area contributed by atoms with Crippen molar-refractivity contribution in [3.8, 4) is 11.8 Å². The Labute approximate surface area is 210 Å². The Morgan fingerprint density at radius 3 is 2.74 bits per heavy atom. The normalized spacial score (nSPS) is 12.3. The molecule has 0 bridgehead atoms. The van der Waals surface area contributed by atoms with Crippen molar-refractivity contribution in [1.29, 1.82) is 0 Å². The van der Waals surface area contributed by atoms with Gasteiger partial charge < -0.3 is 10.6 Å². The van der Waals surface area contributed by atoms with Gasteiger partial charge in [0.2, 0.25) is 0 Å². The van der Waals surface area contributed by atoms with Crippen LogP contribution in [0.2, 0.25) is 0 Å². The lowest BCUT2D eigenvalue weighted by molar-refractivity contribution is -0.0330. The van der Waals surface area contributed by atoms with Gasteiger partial charge in [0.15, 0.2) is 11.5 Å². The zero-order valence-corrected chi connectivity index (χ0v) is 21.3. The fourth-order valence-electron chi connectivity index (χ4n) is 3.36. The number of unbranched alkanes of at least 4 members (excludes halogenated alkanes) is 2. The molecular weight excluding hydrogens is 497 g/mol. The molecule has 0 aliphatic carbocycles. The van der Waals surface area contributed by atoms with Crippen LogP contribution in [0.5, 0.6) is 0 Å². The summed E-state index contributed by atoms with van der Waals surface area (Å²) in [5, 5.41) is 6.58. The standard InChI is InChI=1S/C23H27F3N6OS2/c1-4-6-7-9-16(5-2)30-19-20-31-17(22(35-23(24,25)26)32(20)13-12-27-19)10-8-11-28-21(33)18-14-29-15(3)34-18/h12-14,16H,4-7,9,11H2,1-3H3,(H,27,30)(H,28,33). The van der Waals surface area contributed by atoms with Crippen LogP contribution >= 0.6 is 23.1 Å². The van der Waals surface area contributed by atoms with Crippen LogP contribution in [0.1, 0.15) is 66.3 Å². The lowest BCUT2D eigenvalue weighted by Crippen LogP contribution is -2.22. The largest absolute Gasteiger partial charge is 0.447 e. The van der Waals surface area contributed by atoms with Crippen molar-refractivity contribution in [2.45, 2.75) is 69.5 Å². The summed E-state index contributed by atoms with van der Waals surface area (Å²) >= 11 is 0.973. The summed E-state index contributed by atoms with van der Waals surface area (Å²) in [6.07, 6.45) is 9.42. The number of imidazole rings is 1. The molecule has 12 heteroatoms. The monoisotopic (exact) mass is 524 g/mol. The molecule has 7 nitrogen and oxygen atoms in total. The highest BCUT2D eigenvalue weighted by atomic mass is 32.2. The lowest BCUT2D eigenvalue weighted by Gasteiger charge is -2.17. The summed E-state index contributed by atoms with van der Waals surface area (Å²) in [4.78, 5) is 25.3. The molecule has 3 aromatic heterocycles. The molecule has 0 aliphatic rings. The number of amides is 1. The van der Waals surface area contributed by atoms with Crippen molar-refractivity contribution < 1.29 is 18.0 Å². The Hall–Kier alpha value is -2.78. The molecular formula is C23H27F3N6OS2. The number of thioether (sulfide) groups is 1. The molecule has 1 unspecified atom stereocenters. The van der Waals surface area contributed by atoms with E-state index in [1.54, 1.807) is 6.92 Å². The summed E-state index contributed by atoms with van der Waals surface area (Å²) in [5.74, 6) is 5.48. The first-order valence-electron chi connectivity index (χ1n) is 11.3. The highest BCUT2D eigenvalue weighted by molar-refractivity contribution is 8.00. The molecule has 2 N–H and O–H groups in total. The Morgan fingerprint density at radius 1 is 1.29 bits per heavy atom. The number of nitrogens with one attached hydrogen (secondary N) is 2. The zero-order valence-electron chi connectivity index (χ0n) is 19.7. The van der Waals surface area contributed by atoms with Crippen molar-refractivity contribution in [1.82, 2.24) is 24.7 Å². The van der Waals surface area contributed by atoms with Crippen molar-refractivity contribution in [2.75, 3.05) is 11.9 Å². The maximum absolute atomic E-state index is 13.3. The van der Waals surface area contributed by atoms with E-state index in [1.807, 2.05) is 0 Å². The van der Waals surface area contributed by atoms with E-state index < -0.39 is 5.51 Å². The van der Waals surface area contributed by atoms with Crippen LogP contribution in [-0.2, 0) is 0 Å².